The number of nitrogens with one attached hydrogen (secondary N) is 1. The minimum Gasteiger partial charge on any atom is -0.367 e. The fraction of sp³-hybridized carbons (Fsp3) is 0.600. The van der Waals surface area contributed by atoms with Gasteiger partial charge in [0.25, 0.3) is 0 Å². The molecule has 1 aliphatic heterocycles. The van der Waals surface area contributed by atoms with Crippen LogP contribution in [0.15, 0.2) is 24.3 Å². The molecule has 2 nitrogen and oxygen atoms in total. The minimum absolute atomic E-state index is 0.621. The van der Waals surface area contributed by atoms with Crippen LogP contribution >= 0.6 is 0 Å². The van der Waals surface area contributed by atoms with E-state index in [1.807, 2.05) is 0 Å². The van der Waals surface area contributed by atoms with E-state index in [1.54, 1.807) is 0 Å². The number of rotatable bonds is 3. The molecule has 1 atom stereocenters. The normalized spacial score (nSPS) is 17.8. The number of para-hydroxylation sites is 1. The van der Waals surface area contributed by atoms with E-state index in [4.69, 9.17) is 0 Å². The maximum Gasteiger partial charge on any atom is 0.0414 e. The summed E-state index contributed by atoms with van der Waals surface area (Å²) >= 11 is 0. The van der Waals surface area contributed by atoms with E-state index in [9.17, 15) is 0 Å². The van der Waals surface area contributed by atoms with Crippen LogP contribution in [0, 0.1) is 5.92 Å². The van der Waals surface area contributed by atoms with Gasteiger partial charge in [0.1, 0.15) is 0 Å². The van der Waals surface area contributed by atoms with Crippen LogP contribution in [0.5, 0.6) is 0 Å². The number of anilines is 1. The molecule has 0 fully saturated rings. The quantitative estimate of drug-likeness (QED) is 0.861. The highest BCUT2D eigenvalue weighted by atomic mass is 15.2. The molecule has 1 aromatic carbocycles. The number of fused-ring (bicyclic) bond motifs is 1. The van der Waals surface area contributed by atoms with Crippen LogP contribution in [0.25, 0.3) is 0 Å². The van der Waals surface area contributed by atoms with Gasteiger partial charge in [0.2, 0.25) is 0 Å². The molecule has 1 aliphatic rings. The Morgan fingerprint density at radius 2 is 2.00 bits per heavy atom. The smallest absolute Gasteiger partial charge is 0.0414 e. The van der Waals surface area contributed by atoms with E-state index < -0.39 is 0 Å². The summed E-state index contributed by atoms with van der Waals surface area (Å²) in [6.45, 7) is 10.2. The Kier molecular flexibility index (Phi) is 4.06. The van der Waals surface area contributed by atoms with Gasteiger partial charge in [0.15, 0.2) is 0 Å². The van der Waals surface area contributed by atoms with Gasteiger partial charge in [-0.05, 0) is 30.9 Å². The molecule has 0 radical (unpaired) electrons. The van der Waals surface area contributed by atoms with Crippen LogP contribution < -0.4 is 10.2 Å². The van der Waals surface area contributed by atoms with Gasteiger partial charge in [-0.3, -0.25) is 0 Å². The molecule has 1 aromatic rings. The predicted molar refractivity (Wildman–Crippen MR) is 74.4 cm³/mol. The van der Waals surface area contributed by atoms with Gasteiger partial charge in [-0.2, -0.15) is 0 Å². The average Bonchev–Trinajstić information content (AvgIpc) is 2.50. The lowest BCUT2D eigenvalue weighted by atomic mass is 10.0. The Bertz CT molecular complexity index is 360. The Labute approximate surface area is 105 Å². The van der Waals surface area contributed by atoms with E-state index in [-0.39, 0.29) is 0 Å². The third kappa shape index (κ3) is 3.01. The highest BCUT2D eigenvalue weighted by molar-refractivity contribution is 5.55. The summed E-state index contributed by atoms with van der Waals surface area (Å²) in [7, 11) is 0. The molecule has 17 heavy (non-hydrogen) atoms. The monoisotopic (exact) mass is 232 g/mol. The molecule has 1 unspecified atom stereocenters. The Balaban J connectivity index is 2.22. The van der Waals surface area contributed by atoms with Crippen molar-refractivity contribution in [1.82, 2.24) is 5.32 Å². The first kappa shape index (κ1) is 12.4. The molecular weight excluding hydrogens is 208 g/mol. The summed E-state index contributed by atoms with van der Waals surface area (Å²) in [5.41, 5.74) is 2.85. The molecule has 0 spiro atoms. The Morgan fingerprint density at radius 1 is 1.24 bits per heavy atom. The van der Waals surface area contributed by atoms with Gasteiger partial charge >= 0.3 is 0 Å². The third-order valence-corrected chi connectivity index (χ3v) is 3.49. The van der Waals surface area contributed by atoms with Gasteiger partial charge in [-0.1, -0.05) is 32.0 Å². The van der Waals surface area contributed by atoms with E-state index in [2.05, 4.69) is 55.3 Å². The number of hydrogen-bond donors (Lipinski definition) is 1. The van der Waals surface area contributed by atoms with Crippen LogP contribution in [0.3, 0.4) is 0 Å². The molecule has 0 aliphatic carbocycles. The van der Waals surface area contributed by atoms with Crippen molar-refractivity contribution in [2.75, 3.05) is 18.0 Å². The lowest BCUT2D eigenvalue weighted by Crippen LogP contribution is -2.37. The van der Waals surface area contributed by atoms with Crippen molar-refractivity contribution >= 4 is 5.69 Å². The summed E-state index contributed by atoms with van der Waals surface area (Å²) in [4.78, 5) is 2.56. The SMILES string of the molecule is CC(C)CC(C)N1CCNCc2ccccc21. The lowest BCUT2D eigenvalue weighted by molar-refractivity contribution is 0.487. The Morgan fingerprint density at radius 3 is 2.76 bits per heavy atom. The van der Waals surface area contributed by atoms with Crippen molar-refractivity contribution in [2.24, 2.45) is 5.92 Å². The van der Waals surface area contributed by atoms with Crippen molar-refractivity contribution in [3.05, 3.63) is 29.8 Å². The first-order valence-electron chi connectivity index (χ1n) is 6.73. The fourth-order valence-electron chi connectivity index (χ4n) is 2.75. The van der Waals surface area contributed by atoms with Crippen LogP contribution in [0.2, 0.25) is 0 Å². The van der Waals surface area contributed by atoms with Crippen LogP contribution in [-0.2, 0) is 6.54 Å². The maximum atomic E-state index is 3.50. The largest absolute Gasteiger partial charge is 0.367 e. The van der Waals surface area contributed by atoms with Gasteiger partial charge < -0.3 is 10.2 Å². The lowest BCUT2D eigenvalue weighted by Gasteiger charge is -2.32. The standard InChI is InChI=1S/C15H24N2/c1-12(2)10-13(3)17-9-8-16-11-14-6-4-5-7-15(14)17/h4-7,12-13,16H,8-11H2,1-3H3. The van der Waals surface area contributed by atoms with Crippen molar-refractivity contribution in [3.63, 3.8) is 0 Å². The number of nitrogens with zero attached hydrogens (tertiary/aromatic N) is 1. The maximum absolute atomic E-state index is 3.50. The second-order valence-electron chi connectivity index (χ2n) is 5.48. The number of hydrogen-bond acceptors (Lipinski definition) is 2. The van der Waals surface area contributed by atoms with Crippen molar-refractivity contribution < 1.29 is 0 Å². The van der Waals surface area contributed by atoms with Crippen LogP contribution in [0.4, 0.5) is 5.69 Å². The summed E-state index contributed by atoms with van der Waals surface area (Å²) in [6, 6.07) is 9.41. The minimum atomic E-state index is 0.621. The molecule has 2 heteroatoms. The van der Waals surface area contributed by atoms with Crippen LogP contribution in [0.1, 0.15) is 32.8 Å². The summed E-state index contributed by atoms with van der Waals surface area (Å²) in [5, 5.41) is 3.50. The molecule has 94 valence electrons. The van der Waals surface area contributed by atoms with E-state index in [0.29, 0.717) is 6.04 Å². The van der Waals surface area contributed by atoms with Gasteiger partial charge in [-0.25, -0.2) is 0 Å². The third-order valence-electron chi connectivity index (χ3n) is 3.49. The predicted octanol–water partition coefficient (Wildman–Crippen LogP) is 3.03. The average molecular weight is 232 g/mol. The van der Waals surface area contributed by atoms with Gasteiger partial charge in [0, 0.05) is 31.4 Å². The highest BCUT2D eigenvalue weighted by Gasteiger charge is 2.19. The second kappa shape index (κ2) is 5.54. The fourth-order valence-corrected chi connectivity index (χ4v) is 2.75. The zero-order chi connectivity index (χ0) is 12.3. The zero-order valence-electron chi connectivity index (χ0n) is 11.2. The van der Waals surface area contributed by atoms with Gasteiger partial charge in [0.05, 0.1) is 0 Å². The molecule has 0 saturated carbocycles. The molecule has 1 N–H and O–H groups in total. The van der Waals surface area contributed by atoms with Crippen molar-refractivity contribution in [1.29, 1.82) is 0 Å². The first-order valence-corrected chi connectivity index (χ1v) is 6.73. The second-order valence-corrected chi connectivity index (χ2v) is 5.48. The molecule has 1 heterocycles. The highest BCUT2D eigenvalue weighted by Crippen LogP contribution is 2.26. The summed E-state index contributed by atoms with van der Waals surface area (Å²) in [5.74, 6) is 0.758. The van der Waals surface area contributed by atoms with Crippen LogP contribution in [-0.4, -0.2) is 19.1 Å². The van der Waals surface area contributed by atoms with E-state index in [0.717, 1.165) is 25.6 Å². The Hall–Kier alpha value is -1.02. The molecule has 2 rings (SSSR count). The van der Waals surface area contributed by atoms with Crippen molar-refractivity contribution in [3.8, 4) is 0 Å². The zero-order valence-corrected chi connectivity index (χ0v) is 11.2. The molecule has 0 amide bonds. The molecule has 0 bridgehead atoms. The molecular formula is C15H24N2. The van der Waals surface area contributed by atoms with Crippen molar-refractivity contribution in [2.45, 2.75) is 39.8 Å². The van der Waals surface area contributed by atoms with Gasteiger partial charge in [-0.15, -0.1) is 0 Å². The molecule has 0 saturated heterocycles. The molecule has 0 aromatic heterocycles. The van der Waals surface area contributed by atoms with E-state index >= 15 is 0 Å². The number of benzene rings is 1. The summed E-state index contributed by atoms with van der Waals surface area (Å²) < 4.78 is 0. The first-order chi connectivity index (χ1) is 8.18. The summed E-state index contributed by atoms with van der Waals surface area (Å²) in [6.07, 6.45) is 1.26. The topological polar surface area (TPSA) is 15.3 Å². The van der Waals surface area contributed by atoms with E-state index in [1.165, 1.54) is 17.7 Å².